The van der Waals surface area contributed by atoms with Crippen LogP contribution in [-0.2, 0) is 11.3 Å². The van der Waals surface area contributed by atoms with Crippen LogP contribution in [-0.4, -0.2) is 29.4 Å². The van der Waals surface area contributed by atoms with Crippen molar-refractivity contribution in [1.29, 1.82) is 0 Å². The van der Waals surface area contributed by atoms with E-state index in [1.54, 1.807) is 16.2 Å². The normalized spacial score (nSPS) is 17.3. The molecular formula is C13H21N3OS. The Hall–Kier alpha value is -0.940. The number of amides is 1. The number of hydrogen-bond donors (Lipinski definition) is 1. The second kappa shape index (κ2) is 5.36. The van der Waals surface area contributed by atoms with Crippen molar-refractivity contribution < 1.29 is 4.79 Å². The summed E-state index contributed by atoms with van der Waals surface area (Å²) in [6.07, 6.45) is 4.01. The molecule has 1 aromatic heterocycles. The summed E-state index contributed by atoms with van der Waals surface area (Å²) in [5.74, 6) is 0.202. The minimum absolute atomic E-state index is 0.0914. The summed E-state index contributed by atoms with van der Waals surface area (Å²) in [5, 5.41) is 0. The molecule has 2 rings (SSSR count). The fourth-order valence-electron chi connectivity index (χ4n) is 2.37. The minimum atomic E-state index is 0.0914. The SMILES string of the molecule is Cc1ncsc1CN(C)C(=O)CC1(CN)CCC1. The molecule has 0 aliphatic heterocycles. The molecule has 0 saturated heterocycles. The fourth-order valence-corrected chi connectivity index (χ4v) is 3.20. The van der Waals surface area contributed by atoms with Crippen molar-refractivity contribution in [2.45, 2.75) is 39.2 Å². The van der Waals surface area contributed by atoms with Gasteiger partial charge in [-0.3, -0.25) is 4.79 Å². The number of nitrogens with two attached hydrogens (primary N) is 1. The average molecular weight is 267 g/mol. The Morgan fingerprint density at radius 2 is 2.33 bits per heavy atom. The van der Waals surface area contributed by atoms with Gasteiger partial charge in [0.05, 0.1) is 17.7 Å². The van der Waals surface area contributed by atoms with E-state index < -0.39 is 0 Å². The van der Waals surface area contributed by atoms with E-state index in [0.717, 1.165) is 18.5 Å². The van der Waals surface area contributed by atoms with Gasteiger partial charge in [0.2, 0.25) is 5.91 Å². The lowest BCUT2D eigenvalue weighted by Crippen LogP contribution is -2.42. The largest absolute Gasteiger partial charge is 0.341 e. The van der Waals surface area contributed by atoms with Crippen molar-refractivity contribution in [3.8, 4) is 0 Å². The maximum atomic E-state index is 12.2. The van der Waals surface area contributed by atoms with Gasteiger partial charge < -0.3 is 10.6 Å². The van der Waals surface area contributed by atoms with Crippen molar-refractivity contribution >= 4 is 17.2 Å². The van der Waals surface area contributed by atoms with E-state index in [9.17, 15) is 4.79 Å². The molecule has 1 fully saturated rings. The van der Waals surface area contributed by atoms with E-state index in [2.05, 4.69) is 4.98 Å². The number of nitrogens with zero attached hydrogens (tertiary/aromatic N) is 2. The van der Waals surface area contributed by atoms with E-state index in [0.29, 0.717) is 19.5 Å². The van der Waals surface area contributed by atoms with Crippen molar-refractivity contribution in [3.05, 3.63) is 16.1 Å². The molecule has 100 valence electrons. The molecule has 0 spiro atoms. The van der Waals surface area contributed by atoms with Gasteiger partial charge in [-0.1, -0.05) is 6.42 Å². The first-order valence-electron chi connectivity index (χ1n) is 6.39. The van der Waals surface area contributed by atoms with Gasteiger partial charge in [0, 0.05) is 18.3 Å². The molecule has 0 unspecified atom stereocenters. The number of carbonyl (C=O) groups is 1. The van der Waals surface area contributed by atoms with Crippen LogP contribution in [0, 0.1) is 12.3 Å². The Balaban J connectivity index is 1.91. The van der Waals surface area contributed by atoms with Crippen LogP contribution in [0.15, 0.2) is 5.51 Å². The molecule has 1 aliphatic carbocycles. The number of thiazole rings is 1. The van der Waals surface area contributed by atoms with Crippen LogP contribution in [0.1, 0.15) is 36.3 Å². The lowest BCUT2D eigenvalue weighted by atomic mass is 9.66. The zero-order valence-electron chi connectivity index (χ0n) is 11.1. The number of hydrogen-bond acceptors (Lipinski definition) is 4. The summed E-state index contributed by atoms with van der Waals surface area (Å²) >= 11 is 1.61. The number of carbonyl (C=O) groups excluding carboxylic acids is 1. The second-order valence-electron chi connectivity index (χ2n) is 5.35. The molecule has 1 amide bonds. The van der Waals surface area contributed by atoms with E-state index in [-0.39, 0.29) is 11.3 Å². The molecule has 0 aromatic carbocycles. The first-order valence-corrected chi connectivity index (χ1v) is 7.27. The molecule has 0 bridgehead atoms. The van der Waals surface area contributed by atoms with Crippen LogP contribution in [0.2, 0.25) is 0 Å². The Labute approximate surface area is 112 Å². The summed E-state index contributed by atoms with van der Waals surface area (Å²) < 4.78 is 0. The highest BCUT2D eigenvalue weighted by Crippen LogP contribution is 2.43. The highest BCUT2D eigenvalue weighted by molar-refractivity contribution is 7.09. The number of rotatable bonds is 5. The Morgan fingerprint density at radius 3 is 2.78 bits per heavy atom. The van der Waals surface area contributed by atoms with Gasteiger partial charge in [-0.15, -0.1) is 11.3 Å². The third-order valence-corrected chi connectivity index (χ3v) is 4.94. The molecule has 1 heterocycles. The molecular weight excluding hydrogens is 246 g/mol. The average Bonchev–Trinajstić information content (AvgIpc) is 2.69. The van der Waals surface area contributed by atoms with Gasteiger partial charge in [-0.25, -0.2) is 4.98 Å². The van der Waals surface area contributed by atoms with Gasteiger partial charge in [-0.05, 0) is 31.7 Å². The topological polar surface area (TPSA) is 59.2 Å². The van der Waals surface area contributed by atoms with Gasteiger partial charge in [0.25, 0.3) is 0 Å². The van der Waals surface area contributed by atoms with Crippen LogP contribution < -0.4 is 5.73 Å². The number of aryl methyl sites for hydroxylation is 1. The van der Waals surface area contributed by atoms with Crippen LogP contribution in [0.25, 0.3) is 0 Å². The third-order valence-electron chi connectivity index (χ3n) is 4.02. The number of aromatic nitrogens is 1. The summed E-state index contributed by atoms with van der Waals surface area (Å²) in [6.45, 7) is 3.28. The standard InChI is InChI=1S/C13H21N3OS/c1-10-11(18-9-15-10)7-16(2)12(17)6-13(8-14)4-3-5-13/h9H,3-8,14H2,1-2H3. The molecule has 5 heteroatoms. The fraction of sp³-hybridized carbons (Fsp3) is 0.692. The first-order chi connectivity index (χ1) is 8.56. The van der Waals surface area contributed by atoms with Crippen LogP contribution in [0.5, 0.6) is 0 Å². The van der Waals surface area contributed by atoms with Gasteiger partial charge in [0.15, 0.2) is 0 Å². The zero-order valence-corrected chi connectivity index (χ0v) is 11.9. The smallest absolute Gasteiger partial charge is 0.223 e. The van der Waals surface area contributed by atoms with E-state index in [4.69, 9.17) is 5.73 Å². The lowest BCUT2D eigenvalue weighted by molar-refractivity contribution is -0.134. The molecule has 2 N–H and O–H groups in total. The monoisotopic (exact) mass is 267 g/mol. The quantitative estimate of drug-likeness (QED) is 0.887. The summed E-state index contributed by atoms with van der Waals surface area (Å²) in [7, 11) is 1.87. The maximum absolute atomic E-state index is 12.2. The molecule has 4 nitrogen and oxygen atoms in total. The summed E-state index contributed by atoms with van der Waals surface area (Å²) in [6, 6.07) is 0. The van der Waals surface area contributed by atoms with Crippen LogP contribution in [0.4, 0.5) is 0 Å². The summed E-state index contributed by atoms with van der Waals surface area (Å²) in [5.41, 5.74) is 8.74. The highest BCUT2D eigenvalue weighted by Gasteiger charge is 2.38. The van der Waals surface area contributed by atoms with Gasteiger partial charge in [0.1, 0.15) is 0 Å². The lowest BCUT2D eigenvalue weighted by Gasteiger charge is -2.41. The van der Waals surface area contributed by atoms with Crippen molar-refractivity contribution in [2.24, 2.45) is 11.1 Å². The third kappa shape index (κ3) is 2.72. The van der Waals surface area contributed by atoms with Crippen molar-refractivity contribution in [2.75, 3.05) is 13.6 Å². The Bertz CT molecular complexity index is 420. The van der Waals surface area contributed by atoms with Crippen LogP contribution >= 0.6 is 11.3 Å². The second-order valence-corrected chi connectivity index (χ2v) is 6.28. The predicted molar refractivity (Wildman–Crippen MR) is 73.3 cm³/mol. The van der Waals surface area contributed by atoms with Crippen molar-refractivity contribution in [1.82, 2.24) is 9.88 Å². The molecule has 0 radical (unpaired) electrons. The zero-order chi connectivity index (χ0) is 13.2. The molecule has 0 atom stereocenters. The molecule has 1 saturated carbocycles. The van der Waals surface area contributed by atoms with Crippen LogP contribution in [0.3, 0.4) is 0 Å². The maximum Gasteiger partial charge on any atom is 0.223 e. The highest BCUT2D eigenvalue weighted by atomic mass is 32.1. The Morgan fingerprint density at radius 1 is 1.61 bits per heavy atom. The van der Waals surface area contributed by atoms with Crippen molar-refractivity contribution in [3.63, 3.8) is 0 Å². The summed E-state index contributed by atoms with van der Waals surface area (Å²) in [4.78, 5) is 19.4. The first kappa shape index (κ1) is 13.5. The molecule has 18 heavy (non-hydrogen) atoms. The van der Waals surface area contributed by atoms with E-state index in [1.807, 2.05) is 19.5 Å². The van der Waals surface area contributed by atoms with E-state index in [1.165, 1.54) is 11.3 Å². The Kier molecular flexibility index (Phi) is 4.02. The molecule has 1 aliphatic rings. The van der Waals surface area contributed by atoms with Gasteiger partial charge >= 0.3 is 0 Å². The molecule has 1 aromatic rings. The predicted octanol–water partition coefficient (Wildman–Crippen LogP) is 1.93. The van der Waals surface area contributed by atoms with Gasteiger partial charge in [-0.2, -0.15) is 0 Å². The minimum Gasteiger partial charge on any atom is -0.341 e. The van der Waals surface area contributed by atoms with E-state index >= 15 is 0 Å².